The maximum Gasteiger partial charge on any atom is 0.244 e. The van der Waals surface area contributed by atoms with Crippen LogP contribution in [0.25, 0.3) is 11.5 Å². The Morgan fingerprint density at radius 1 is 1.20 bits per heavy atom. The number of rotatable bonds is 4. The van der Waals surface area contributed by atoms with E-state index in [-0.39, 0.29) is 6.04 Å². The van der Waals surface area contributed by atoms with Gasteiger partial charge >= 0.3 is 0 Å². The van der Waals surface area contributed by atoms with Gasteiger partial charge in [0.25, 0.3) is 0 Å². The fraction of sp³-hybridized carbons (Fsp3) is 0.278. The topological polar surface area (TPSA) is 55.1 Å². The highest BCUT2D eigenvalue weighted by Gasteiger charge is 2.30. The molecule has 0 spiro atoms. The molecule has 0 N–H and O–H groups in total. The van der Waals surface area contributed by atoms with Crippen molar-refractivity contribution in [1.82, 2.24) is 20.0 Å². The summed E-state index contributed by atoms with van der Waals surface area (Å²) in [5.41, 5.74) is 1.69. The lowest BCUT2D eigenvalue weighted by Crippen LogP contribution is -2.23. The van der Waals surface area contributed by atoms with E-state index in [1.165, 1.54) is 11.6 Å². The molecule has 3 heterocycles. The zero-order chi connectivity index (χ0) is 17.2. The molecule has 1 aliphatic rings. The molecule has 1 fully saturated rings. The SMILES string of the molecule is Fc1ccc(-c2noc([C@@H]3CCCN3Cc3ccc(Cl)cc3)n2)nc1. The van der Waals surface area contributed by atoms with E-state index in [1.54, 1.807) is 6.07 Å². The molecule has 1 aliphatic heterocycles. The van der Waals surface area contributed by atoms with E-state index in [9.17, 15) is 4.39 Å². The lowest BCUT2D eigenvalue weighted by Gasteiger charge is -2.21. The van der Waals surface area contributed by atoms with Crippen LogP contribution in [0.15, 0.2) is 47.1 Å². The van der Waals surface area contributed by atoms with Gasteiger partial charge in [0.2, 0.25) is 11.7 Å². The number of likely N-dealkylation sites (tertiary alicyclic amines) is 1. The number of aromatic nitrogens is 3. The Balaban J connectivity index is 1.52. The van der Waals surface area contributed by atoms with Gasteiger partial charge in [-0.3, -0.25) is 4.90 Å². The second-order valence-electron chi connectivity index (χ2n) is 6.07. The second-order valence-corrected chi connectivity index (χ2v) is 6.51. The summed E-state index contributed by atoms with van der Waals surface area (Å²) in [5, 5.41) is 4.73. The van der Waals surface area contributed by atoms with Crippen LogP contribution in [0, 0.1) is 5.82 Å². The van der Waals surface area contributed by atoms with Crippen molar-refractivity contribution in [3.8, 4) is 11.5 Å². The van der Waals surface area contributed by atoms with E-state index in [0.717, 1.165) is 37.2 Å². The largest absolute Gasteiger partial charge is 0.337 e. The highest BCUT2D eigenvalue weighted by molar-refractivity contribution is 6.30. The van der Waals surface area contributed by atoms with Crippen molar-refractivity contribution in [3.63, 3.8) is 0 Å². The fourth-order valence-electron chi connectivity index (χ4n) is 3.10. The van der Waals surface area contributed by atoms with E-state index >= 15 is 0 Å². The molecule has 0 aliphatic carbocycles. The molecule has 0 radical (unpaired) electrons. The van der Waals surface area contributed by atoms with Crippen LogP contribution in [0.5, 0.6) is 0 Å². The molecular formula is C18H16ClFN4O. The number of hydrogen-bond acceptors (Lipinski definition) is 5. The summed E-state index contributed by atoms with van der Waals surface area (Å²) in [6, 6.07) is 10.8. The Bertz CT molecular complexity index is 850. The van der Waals surface area contributed by atoms with E-state index < -0.39 is 5.82 Å². The Labute approximate surface area is 149 Å². The molecule has 1 atom stereocenters. The summed E-state index contributed by atoms with van der Waals surface area (Å²) in [6.45, 7) is 1.77. The van der Waals surface area contributed by atoms with Gasteiger partial charge in [-0.2, -0.15) is 4.98 Å². The van der Waals surface area contributed by atoms with Gasteiger partial charge in [0.15, 0.2) is 0 Å². The monoisotopic (exact) mass is 358 g/mol. The van der Waals surface area contributed by atoms with Crippen LogP contribution in [-0.2, 0) is 6.54 Å². The standard InChI is InChI=1S/C18H16ClFN4O/c19-13-5-3-12(4-6-13)11-24-9-1-2-16(24)18-22-17(23-25-18)15-8-7-14(20)10-21-15/h3-8,10,16H,1-2,9,11H2/t16-/m0/s1. The Morgan fingerprint density at radius 3 is 2.80 bits per heavy atom. The summed E-state index contributed by atoms with van der Waals surface area (Å²) in [6.07, 6.45) is 3.19. The Hall–Kier alpha value is -2.31. The van der Waals surface area contributed by atoms with Crippen molar-refractivity contribution in [2.24, 2.45) is 0 Å². The molecule has 4 rings (SSSR count). The van der Waals surface area contributed by atoms with Crippen molar-refractivity contribution >= 4 is 11.6 Å². The first kappa shape index (κ1) is 16.2. The lowest BCUT2D eigenvalue weighted by molar-refractivity contribution is 0.201. The van der Waals surface area contributed by atoms with Crippen molar-refractivity contribution in [2.75, 3.05) is 6.54 Å². The smallest absolute Gasteiger partial charge is 0.244 e. The molecule has 7 heteroatoms. The van der Waals surface area contributed by atoms with Gasteiger partial charge in [-0.15, -0.1) is 0 Å². The predicted molar refractivity (Wildman–Crippen MR) is 91.3 cm³/mol. The van der Waals surface area contributed by atoms with Crippen LogP contribution in [0.2, 0.25) is 5.02 Å². The predicted octanol–water partition coefficient (Wildman–Crippen LogP) is 4.26. The Kier molecular flexibility index (Phi) is 4.46. The van der Waals surface area contributed by atoms with Crippen LogP contribution >= 0.6 is 11.6 Å². The number of halogens is 2. The number of pyridine rings is 1. The first-order chi connectivity index (χ1) is 12.2. The molecule has 0 bridgehead atoms. The third kappa shape index (κ3) is 3.55. The van der Waals surface area contributed by atoms with Crippen molar-refractivity contribution in [3.05, 3.63) is 64.9 Å². The fourth-order valence-corrected chi connectivity index (χ4v) is 3.23. The molecule has 0 unspecified atom stereocenters. The first-order valence-corrected chi connectivity index (χ1v) is 8.51. The van der Waals surface area contributed by atoms with Crippen molar-refractivity contribution < 1.29 is 8.91 Å². The van der Waals surface area contributed by atoms with E-state index in [0.29, 0.717) is 17.4 Å². The molecule has 25 heavy (non-hydrogen) atoms. The summed E-state index contributed by atoms with van der Waals surface area (Å²) in [5.74, 6) is 0.568. The third-order valence-electron chi connectivity index (χ3n) is 4.35. The minimum atomic E-state index is -0.391. The van der Waals surface area contributed by atoms with E-state index in [4.69, 9.17) is 16.1 Å². The van der Waals surface area contributed by atoms with Crippen LogP contribution in [0.3, 0.4) is 0 Å². The van der Waals surface area contributed by atoms with E-state index in [2.05, 4.69) is 20.0 Å². The van der Waals surface area contributed by atoms with Crippen LogP contribution in [0.1, 0.15) is 30.3 Å². The summed E-state index contributed by atoms with van der Waals surface area (Å²) in [4.78, 5) is 10.8. The average Bonchev–Trinajstić information content (AvgIpc) is 3.27. The molecule has 1 aromatic carbocycles. The first-order valence-electron chi connectivity index (χ1n) is 8.13. The summed E-state index contributed by atoms with van der Waals surface area (Å²) >= 11 is 5.95. The molecule has 3 aromatic rings. The van der Waals surface area contributed by atoms with Gasteiger partial charge in [-0.1, -0.05) is 28.9 Å². The van der Waals surface area contributed by atoms with Crippen molar-refractivity contribution in [2.45, 2.75) is 25.4 Å². The van der Waals surface area contributed by atoms with Gasteiger partial charge in [-0.25, -0.2) is 9.37 Å². The van der Waals surface area contributed by atoms with Gasteiger partial charge in [0.05, 0.1) is 12.2 Å². The van der Waals surface area contributed by atoms with Gasteiger partial charge < -0.3 is 4.52 Å². The summed E-state index contributed by atoms with van der Waals surface area (Å²) in [7, 11) is 0. The van der Waals surface area contributed by atoms with Crippen molar-refractivity contribution in [1.29, 1.82) is 0 Å². The number of nitrogens with zero attached hydrogens (tertiary/aromatic N) is 4. The van der Waals surface area contributed by atoms with Gasteiger partial charge in [0, 0.05) is 11.6 Å². The Morgan fingerprint density at radius 2 is 2.04 bits per heavy atom. The van der Waals surface area contributed by atoms with E-state index in [1.807, 2.05) is 24.3 Å². The minimum Gasteiger partial charge on any atom is -0.337 e. The lowest BCUT2D eigenvalue weighted by atomic mass is 10.2. The second kappa shape index (κ2) is 6.90. The molecule has 2 aromatic heterocycles. The molecular weight excluding hydrogens is 343 g/mol. The maximum atomic E-state index is 13.0. The molecule has 0 saturated carbocycles. The summed E-state index contributed by atoms with van der Waals surface area (Å²) < 4.78 is 18.5. The minimum absolute atomic E-state index is 0.0809. The van der Waals surface area contributed by atoms with Gasteiger partial charge in [-0.05, 0) is 49.2 Å². The molecule has 1 saturated heterocycles. The highest BCUT2D eigenvalue weighted by Crippen LogP contribution is 2.33. The molecule has 128 valence electrons. The normalized spacial score (nSPS) is 17.9. The quantitative estimate of drug-likeness (QED) is 0.697. The highest BCUT2D eigenvalue weighted by atomic mass is 35.5. The molecule has 0 amide bonds. The van der Waals surface area contributed by atoms with Crippen LogP contribution < -0.4 is 0 Å². The zero-order valence-corrected chi connectivity index (χ0v) is 14.2. The average molecular weight is 359 g/mol. The molecule has 5 nitrogen and oxygen atoms in total. The maximum absolute atomic E-state index is 13.0. The van der Waals surface area contributed by atoms with Gasteiger partial charge in [0.1, 0.15) is 11.5 Å². The third-order valence-corrected chi connectivity index (χ3v) is 4.60. The van der Waals surface area contributed by atoms with Crippen LogP contribution in [0.4, 0.5) is 4.39 Å². The van der Waals surface area contributed by atoms with Crippen LogP contribution in [-0.4, -0.2) is 26.6 Å². The number of hydrogen-bond donors (Lipinski definition) is 0. The zero-order valence-electron chi connectivity index (χ0n) is 13.4. The number of benzene rings is 1.